The van der Waals surface area contributed by atoms with Crippen molar-refractivity contribution in [3.8, 4) is 0 Å². The van der Waals surface area contributed by atoms with Gasteiger partial charge < -0.3 is 4.90 Å². The van der Waals surface area contributed by atoms with Crippen molar-refractivity contribution in [1.82, 2.24) is 5.32 Å². The number of halogens is 1. The zero-order chi connectivity index (χ0) is 20.3. The Morgan fingerprint density at radius 1 is 1.00 bits per heavy atom. The first-order valence-electron chi connectivity index (χ1n) is 9.70. The fourth-order valence-electron chi connectivity index (χ4n) is 5.25. The van der Waals surface area contributed by atoms with E-state index < -0.39 is 17.4 Å². The zero-order valence-corrected chi connectivity index (χ0v) is 17.4. The summed E-state index contributed by atoms with van der Waals surface area (Å²) in [6, 6.07) is 16.2. The number of carbonyl (C=O) groups is 3. The molecule has 3 heterocycles. The number of amides is 3. The van der Waals surface area contributed by atoms with E-state index in [1.54, 1.807) is 29.2 Å². The zero-order valence-electron chi connectivity index (χ0n) is 15.8. The summed E-state index contributed by atoms with van der Waals surface area (Å²) in [7, 11) is 0. The van der Waals surface area contributed by atoms with E-state index in [0.29, 0.717) is 17.6 Å². The van der Waals surface area contributed by atoms with Gasteiger partial charge in [0.1, 0.15) is 5.54 Å². The Kier molecular flexibility index (Phi) is 4.15. The lowest BCUT2D eigenvalue weighted by Gasteiger charge is -2.30. The summed E-state index contributed by atoms with van der Waals surface area (Å²) in [5.41, 5.74) is 0.923. The number of alkyl halides is 1. The Bertz CT molecular complexity index is 1030. The van der Waals surface area contributed by atoms with Gasteiger partial charge in [-0.2, -0.15) is 0 Å². The van der Waals surface area contributed by atoms with E-state index in [9.17, 15) is 14.4 Å². The first kappa shape index (κ1) is 18.5. The van der Waals surface area contributed by atoms with Crippen LogP contribution in [-0.2, 0) is 19.9 Å². The molecule has 0 unspecified atom stereocenters. The maximum atomic E-state index is 13.7. The van der Waals surface area contributed by atoms with Crippen LogP contribution in [0.15, 0.2) is 54.6 Å². The molecule has 3 amide bonds. The van der Waals surface area contributed by atoms with E-state index in [1.165, 1.54) is 4.90 Å². The molecule has 29 heavy (non-hydrogen) atoms. The van der Waals surface area contributed by atoms with Crippen molar-refractivity contribution in [3.05, 3.63) is 60.2 Å². The lowest BCUT2D eigenvalue weighted by molar-refractivity contribution is -0.132. The number of hydrogen-bond donors (Lipinski definition) is 1. The number of benzene rings is 2. The lowest BCUT2D eigenvalue weighted by Crippen LogP contribution is -2.55. The largest absolute Gasteiger partial charge is 0.309 e. The van der Waals surface area contributed by atoms with Crippen LogP contribution in [0.3, 0.4) is 0 Å². The topological polar surface area (TPSA) is 69.7 Å². The highest BCUT2D eigenvalue weighted by atomic mass is 79.9. The Hall–Kier alpha value is -2.51. The van der Waals surface area contributed by atoms with Gasteiger partial charge in [-0.15, -0.1) is 0 Å². The van der Waals surface area contributed by atoms with Gasteiger partial charge in [0.15, 0.2) is 0 Å². The summed E-state index contributed by atoms with van der Waals surface area (Å²) in [4.78, 5) is 43.6. The van der Waals surface area contributed by atoms with Crippen LogP contribution in [0.2, 0.25) is 0 Å². The standard InChI is InChI=1S/C22H20BrN3O3/c1-13-17-18(20(28)26(19(17)27)14-7-3-2-4-8-14)22(24-13)15-9-5-6-10-16(15)25(12-11-23)21(22)29/h2-10,13,17-18,24H,11-12H2,1H3/t13-,17+,18+,22-/m0/s1. The minimum atomic E-state index is -1.21. The predicted molar refractivity (Wildman–Crippen MR) is 113 cm³/mol. The first-order valence-corrected chi connectivity index (χ1v) is 10.8. The average molecular weight is 454 g/mol. The van der Waals surface area contributed by atoms with Crippen LogP contribution in [0.5, 0.6) is 0 Å². The molecule has 0 bridgehead atoms. The Morgan fingerprint density at radius 2 is 1.69 bits per heavy atom. The van der Waals surface area contributed by atoms with Crippen LogP contribution in [0.25, 0.3) is 0 Å². The van der Waals surface area contributed by atoms with Crippen LogP contribution in [0.1, 0.15) is 12.5 Å². The van der Waals surface area contributed by atoms with Crippen molar-refractivity contribution < 1.29 is 14.4 Å². The van der Waals surface area contributed by atoms with Crippen LogP contribution >= 0.6 is 15.9 Å². The summed E-state index contributed by atoms with van der Waals surface area (Å²) in [5.74, 6) is -2.06. The number of hydrogen-bond acceptors (Lipinski definition) is 4. The normalized spacial score (nSPS) is 30.4. The number of imide groups is 1. The van der Waals surface area contributed by atoms with Crippen LogP contribution in [0, 0.1) is 11.8 Å². The molecule has 2 aromatic rings. The third kappa shape index (κ3) is 2.28. The van der Waals surface area contributed by atoms with Gasteiger partial charge in [-0.1, -0.05) is 52.3 Å². The number of nitrogens with zero attached hydrogens (tertiary/aromatic N) is 2. The highest BCUT2D eigenvalue weighted by Gasteiger charge is 2.70. The van der Waals surface area contributed by atoms with Gasteiger partial charge in [0.05, 0.1) is 17.5 Å². The van der Waals surface area contributed by atoms with Gasteiger partial charge in [0, 0.05) is 29.2 Å². The van der Waals surface area contributed by atoms with E-state index in [4.69, 9.17) is 0 Å². The quantitative estimate of drug-likeness (QED) is 0.572. The molecule has 6 nitrogen and oxygen atoms in total. The molecule has 2 fully saturated rings. The second kappa shape index (κ2) is 6.50. The molecule has 7 heteroatoms. The van der Waals surface area contributed by atoms with E-state index in [-0.39, 0.29) is 23.8 Å². The summed E-state index contributed by atoms with van der Waals surface area (Å²) in [6.07, 6.45) is 0. The van der Waals surface area contributed by atoms with Crippen LogP contribution in [-0.4, -0.2) is 35.6 Å². The minimum Gasteiger partial charge on any atom is -0.309 e. The minimum absolute atomic E-state index is 0.159. The monoisotopic (exact) mass is 453 g/mol. The molecule has 2 saturated heterocycles. The summed E-state index contributed by atoms with van der Waals surface area (Å²) in [6.45, 7) is 2.38. The van der Waals surface area contributed by atoms with E-state index in [2.05, 4.69) is 21.2 Å². The molecule has 0 radical (unpaired) electrons. The maximum absolute atomic E-state index is 13.7. The number of nitrogens with one attached hydrogen (secondary N) is 1. The van der Waals surface area contributed by atoms with Gasteiger partial charge >= 0.3 is 0 Å². The molecule has 2 aromatic carbocycles. The molecule has 1 N–H and O–H groups in total. The SMILES string of the molecule is C[C@@H]1N[C@]2(C(=O)N(CCBr)c3ccccc32)[C@H]2C(=O)N(c3ccccc3)C(=O)[C@H]12. The second-order valence-electron chi connectivity index (χ2n) is 7.75. The summed E-state index contributed by atoms with van der Waals surface area (Å²) in [5, 5.41) is 4.00. The van der Waals surface area contributed by atoms with Crippen LogP contribution in [0.4, 0.5) is 11.4 Å². The van der Waals surface area contributed by atoms with Gasteiger partial charge in [-0.05, 0) is 25.1 Å². The molecular weight excluding hydrogens is 434 g/mol. The van der Waals surface area contributed by atoms with Crippen molar-refractivity contribution in [1.29, 1.82) is 0 Å². The van der Waals surface area contributed by atoms with Crippen LogP contribution < -0.4 is 15.1 Å². The smallest absolute Gasteiger partial charge is 0.252 e. The van der Waals surface area contributed by atoms with Crippen molar-refractivity contribution in [2.24, 2.45) is 11.8 Å². The maximum Gasteiger partial charge on any atom is 0.252 e. The Balaban J connectivity index is 1.67. The van der Waals surface area contributed by atoms with Crippen molar-refractivity contribution in [3.63, 3.8) is 0 Å². The van der Waals surface area contributed by atoms with Gasteiger partial charge in [-0.25, -0.2) is 4.90 Å². The number of anilines is 2. The number of carbonyl (C=O) groups excluding carboxylic acids is 3. The number of fused-ring (bicyclic) bond motifs is 4. The third-order valence-corrected chi connectivity index (χ3v) is 6.69. The Labute approximate surface area is 177 Å². The molecule has 148 valence electrons. The second-order valence-corrected chi connectivity index (χ2v) is 8.55. The molecule has 3 aliphatic heterocycles. The lowest BCUT2D eigenvalue weighted by atomic mass is 9.76. The molecule has 4 atom stereocenters. The van der Waals surface area contributed by atoms with Crippen molar-refractivity contribution in [2.75, 3.05) is 21.7 Å². The molecule has 0 saturated carbocycles. The Morgan fingerprint density at radius 3 is 2.41 bits per heavy atom. The van der Waals surface area contributed by atoms with Crippen molar-refractivity contribution >= 4 is 45.0 Å². The van der Waals surface area contributed by atoms with E-state index in [1.807, 2.05) is 37.3 Å². The van der Waals surface area contributed by atoms with E-state index in [0.717, 1.165) is 11.3 Å². The third-order valence-electron chi connectivity index (χ3n) is 6.34. The van der Waals surface area contributed by atoms with Gasteiger partial charge in [-0.3, -0.25) is 19.7 Å². The average Bonchev–Trinajstić information content (AvgIpc) is 3.27. The number of rotatable bonds is 3. The van der Waals surface area contributed by atoms with Crippen molar-refractivity contribution in [2.45, 2.75) is 18.5 Å². The van der Waals surface area contributed by atoms with E-state index >= 15 is 0 Å². The molecule has 3 aliphatic rings. The molecule has 0 aromatic heterocycles. The number of para-hydroxylation sites is 2. The highest BCUT2D eigenvalue weighted by Crippen LogP contribution is 2.54. The molecular formula is C22H20BrN3O3. The summed E-state index contributed by atoms with van der Waals surface area (Å²) < 4.78 is 0. The molecule has 1 spiro atoms. The molecule has 0 aliphatic carbocycles. The van der Waals surface area contributed by atoms with Gasteiger partial charge in [0.25, 0.3) is 5.91 Å². The van der Waals surface area contributed by atoms with Gasteiger partial charge in [0.2, 0.25) is 11.8 Å². The molecule has 5 rings (SSSR count). The fourth-order valence-corrected chi connectivity index (χ4v) is 5.60. The first-order chi connectivity index (χ1) is 14.0. The highest BCUT2D eigenvalue weighted by molar-refractivity contribution is 9.09. The predicted octanol–water partition coefficient (Wildman–Crippen LogP) is 2.42. The fraction of sp³-hybridized carbons (Fsp3) is 0.318. The summed E-state index contributed by atoms with van der Waals surface area (Å²) >= 11 is 3.42.